The SMILES string of the molecule is CN(CCCCc1ccccc1)C(=O)c1cn[nH]c1. The van der Waals surface area contributed by atoms with Gasteiger partial charge < -0.3 is 4.90 Å². The number of aromatic nitrogens is 2. The highest BCUT2D eigenvalue weighted by Crippen LogP contribution is 2.06. The summed E-state index contributed by atoms with van der Waals surface area (Å²) < 4.78 is 0. The second-order valence-corrected chi connectivity index (χ2v) is 4.66. The molecule has 2 aromatic rings. The molecule has 2 rings (SSSR count). The number of hydrogen-bond donors (Lipinski definition) is 1. The van der Waals surface area contributed by atoms with E-state index in [-0.39, 0.29) is 5.91 Å². The summed E-state index contributed by atoms with van der Waals surface area (Å²) in [5.74, 6) is 0.0217. The van der Waals surface area contributed by atoms with E-state index >= 15 is 0 Å². The molecule has 19 heavy (non-hydrogen) atoms. The third-order valence-corrected chi connectivity index (χ3v) is 3.14. The van der Waals surface area contributed by atoms with Gasteiger partial charge in [-0.1, -0.05) is 30.3 Å². The summed E-state index contributed by atoms with van der Waals surface area (Å²) in [5.41, 5.74) is 1.97. The van der Waals surface area contributed by atoms with Crippen LogP contribution in [0.1, 0.15) is 28.8 Å². The molecule has 0 radical (unpaired) electrons. The Hall–Kier alpha value is -2.10. The molecule has 0 saturated carbocycles. The van der Waals surface area contributed by atoms with Crippen LogP contribution in [0.4, 0.5) is 0 Å². The Bertz CT molecular complexity index is 493. The van der Waals surface area contributed by atoms with Crippen LogP contribution < -0.4 is 0 Å². The highest BCUT2D eigenvalue weighted by Gasteiger charge is 2.11. The largest absolute Gasteiger partial charge is 0.342 e. The minimum absolute atomic E-state index is 0.0217. The molecule has 1 N–H and O–H groups in total. The molecule has 0 saturated heterocycles. The molecule has 1 heterocycles. The fourth-order valence-corrected chi connectivity index (χ4v) is 2.01. The van der Waals surface area contributed by atoms with Gasteiger partial charge in [-0.3, -0.25) is 9.89 Å². The van der Waals surface area contributed by atoms with Crippen LogP contribution in [0.25, 0.3) is 0 Å². The van der Waals surface area contributed by atoms with E-state index in [0.29, 0.717) is 5.56 Å². The van der Waals surface area contributed by atoms with Crippen molar-refractivity contribution in [1.82, 2.24) is 15.1 Å². The maximum absolute atomic E-state index is 11.9. The van der Waals surface area contributed by atoms with E-state index in [1.807, 2.05) is 13.1 Å². The Labute approximate surface area is 113 Å². The van der Waals surface area contributed by atoms with Gasteiger partial charge in [0.15, 0.2) is 0 Å². The molecule has 100 valence electrons. The monoisotopic (exact) mass is 257 g/mol. The van der Waals surface area contributed by atoms with Gasteiger partial charge in [-0.15, -0.1) is 0 Å². The molecule has 0 atom stereocenters. The van der Waals surface area contributed by atoms with Crippen LogP contribution in [0, 0.1) is 0 Å². The van der Waals surface area contributed by atoms with Gasteiger partial charge in [-0.2, -0.15) is 5.10 Å². The van der Waals surface area contributed by atoms with Gasteiger partial charge in [0.25, 0.3) is 5.91 Å². The first-order valence-corrected chi connectivity index (χ1v) is 6.55. The molecule has 1 aromatic carbocycles. The van der Waals surface area contributed by atoms with Crippen LogP contribution in [0.3, 0.4) is 0 Å². The van der Waals surface area contributed by atoms with Gasteiger partial charge in [-0.25, -0.2) is 0 Å². The van der Waals surface area contributed by atoms with Crippen molar-refractivity contribution in [2.45, 2.75) is 19.3 Å². The van der Waals surface area contributed by atoms with Crippen molar-refractivity contribution in [2.75, 3.05) is 13.6 Å². The van der Waals surface area contributed by atoms with E-state index in [1.54, 1.807) is 17.3 Å². The predicted octanol–water partition coefficient (Wildman–Crippen LogP) is 2.50. The lowest BCUT2D eigenvalue weighted by molar-refractivity contribution is 0.0793. The Morgan fingerprint density at radius 1 is 1.26 bits per heavy atom. The molecule has 0 spiro atoms. The van der Waals surface area contributed by atoms with Crippen molar-refractivity contribution in [2.24, 2.45) is 0 Å². The summed E-state index contributed by atoms with van der Waals surface area (Å²) in [6.07, 6.45) is 6.35. The smallest absolute Gasteiger partial charge is 0.256 e. The summed E-state index contributed by atoms with van der Waals surface area (Å²) in [5, 5.41) is 6.45. The number of aromatic amines is 1. The number of H-pyrrole nitrogens is 1. The normalized spacial score (nSPS) is 10.4. The molecule has 0 bridgehead atoms. The second-order valence-electron chi connectivity index (χ2n) is 4.66. The molecule has 0 unspecified atom stereocenters. The van der Waals surface area contributed by atoms with Crippen LogP contribution in [-0.4, -0.2) is 34.6 Å². The highest BCUT2D eigenvalue weighted by atomic mass is 16.2. The number of carbonyl (C=O) groups is 1. The number of nitrogens with zero attached hydrogens (tertiary/aromatic N) is 2. The van der Waals surface area contributed by atoms with Crippen molar-refractivity contribution < 1.29 is 4.79 Å². The number of carbonyl (C=O) groups excluding carboxylic acids is 1. The Morgan fingerprint density at radius 2 is 2.05 bits per heavy atom. The number of hydrogen-bond acceptors (Lipinski definition) is 2. The van der Waals surface area contributed by atoms with Crippen LogP contribution in [0.15, 0.2) is 42.7 Å². The van der Waals surface area contributed by atoms with Crippen LogP contribution in [0.2, 0.25) is 0 Å². The molecule has 1 amide bonds. The van der Waals surface area contributed by atoms with Crippen molar-refractivity contribution in [3.05, 3.63) is 53.9 Å². The Morgan fingerprint density at radius 3 is 2.74 bits per heavy atom. The maximum atomic E-state index is 11.9. The first kappa shape index (κ1) is 13.3. The molecule has 0 aliphatic carbocycles. The molecule has 4 nitrogen and oxygen atoms in total. The van der Waals surface area contributed by atoms with E-state index in [9.17, 15) is 4.79 Å². The standard InChI is InChI=1S/C15H19N3O/c1-18(15(19)14-11-16-17-12-14)10-6-5-9-13-7-3-2-4-8-13/h2-4,7-8,11-12H,5-6,9-10H2,1H3,(H,16,17). The number of benzene rings is 1. The van der Waals surface area contributed by atoms with E-state index in [0.717, 1.165) is 25.8 Å². The fourth-order valence-electron chi connectivity index (χ4n) is 2.01. The summed E-state index contributed by atoms with van der Waals surface area (Å²) in [6, 6.07) is 10.4. The van der Waals surface area contributed by atoms with Gasteiger partial charge in [0.2, 0.25) is 0 Å². The average Bonchev–Trinajstić information content (AvgIpc) is 2.98. The molecular formula is C15H19N3O. The minimum atomic E-state index is 0.0217. The zero-order chi connectivity index (χ0) is 13.5. The zero-order valence-corrected chi connectivity index (χ0v) is 11.2. The van der Waals surface area contributed by atoms with Gasteiger partial charge in [0.1, 0.15) is 0 Å². The van der Waals surface area contributed by atoms with Crippen molar-refractivity contribution in [3.63, 3.8) is 0 Å². The van der Waals surface area contributed by atoms with Gasteiger partial charge >= 0.3 is 0 Å². The minimum Gasteiger partial charge on any atom is -0.342 e. The van der Waals surface area contributed by atoms with Crippen molar-refractivity contribution in [3.8, 4) is 0 Å². The topological polar surface area (TPSA) is 49.0 Å². The molecule has 4 heteroatoms. The number of amides is 1. The molecule has 1 aromatic heterocycles. The Kier molecular flexibility index (Phi) is 4.72. The van der Waals surface area contributed by atoms with Crippen LogP contribution in [-0.2, 0) is 6.42 Å². The first-order valence-electron chi connectivity index (χ1n) is 6.55. The van der Waals surface area contributed by atoms with Gasteiger partial charge in [0, 0.05) is 19.8 Å². The van der Waals surface area contributed by atoms with Crippen molar-refractivity contribution in [1.29, 1.82) is 0 Å². The fraction of sp³-hybridized carbons (Fsp3) is 0.333. The average molecular weight is 257 g/mol. The summed E-state index contributed by atoms with van der Waals surface area (Å²) >= 11 is 0. The quantitative estimate of drug-likeness (QED) is 0.808. The lowest BCUT2D eigenvalue weighted by Crippen LogP contribution is -2.27. The van der Waals surface area contributed by atoms with Gasteiger partial charge in [0.05, 0.1) is 11.8 Å². The van der Waals surface area contributed by atoms with Crippen LogP contribution in [0.5, 0.6) is 0 Å². The van der Waals surface area contributed by atoms with Crippen LogP contribution >= 0.6 is 0 Å². The number of rotatable bonds is 6. The number of nitrogens with one attached hydrogen (secondary N) is 1. The lowest BCUT2D eigenvalue weighted by Gasteiger charge is -2.15. The molecule has 0 fully saturated rings. The van der Waals surface area contributed by atoms with Crippen molar-refractivity contribution >= 4 is 5.91 Å². The van der Waals surface area contributed by atoms with E-state index in [4.69, 9.17) is 0 Å². The van der Waals surface area contributed by atoms with E-state index < -0.39 is 0 Å². The third kappa shape index (κ3) is 3.95. The summed E-state index contributed by atoms with van der Waals surface area (Å²) in [4.78, 5) is 13.7. The third-order valence-electron chi connectivity index (χ3n) is 3.14. The molecule has 0 aliphatic rings. The summed E-state index contributed by atoms with van der Waals surface area (Å²) in [7, 11) is 1.83. The predicted molar refractivity (Wildman–Crippen MR) is 74.9 cm³/mol. The highest BCUT2D eigenvalue weighted by molar-refractivity contribution is 5.93. The molecule has 0 aliphatic heterocycles. The maximum Gasteiger partial charge on any atom is 0.256 e. The first-order chi connectivity index (χ1) is 9.27. The van der Waals surface area contributed by atoms with E-state index in [2.05, 4.69) is 34.5 Å². The van der Waals surface area contributed by atoms with E-state index in [1.165, 1.54) is 5.56 Å². The molecular weight excluding hydrogens is 238 g/mol. The number of unbranched alkanes of at least 4 members (excludes halogenated alkanes) is 1. The number of aryl methyl sites for hydroxylation is 1. The Balaban J connectivity index is 1.70. The summed E-state index contributed by atoms with van der Waals surface area (Å²) in [6.45, 7) is 0.775. The van der Waals surface area contributed by atoms with Gasteiger partial charge in [-0.05, 0) is 24.8 Å². The zero-order valence-electron chi connectivity index (χ0n) is 11.2. The second kappa shape index (κ2) is 6.73. The lowest BCUT2D eigenvalue weighted by atomic mass is 10.1.